The molecule has 0 atom stereocenters. The first-order valence-corrected chi connectivity index (χ1v) is 4.06. The van der Waals surface area contributed by atoms with E-state index in [9.17, 15) is 9.59 Å². The van der Waals surface area contributed by atoms with Crippen LogP contribution in [0.4, 0.5) is 0 Å². The summed E-state index contributed by atoms with van der Waals surface area (Å²) in [6, 6.07) is 2.72. The molecule has 1 N–H and O–H groups in total. The zero-order valence-corrected chi connectivity index (χ0v) is 6.82. The first kappa shape index (κ1) is 8.04. The molecule has 1 aromatic heterocycles. The van der Waals surface area contributed by atoms with Crippen LogP contribution < -0.4 is 0 Å². The van der Waals surface area contributed by atoms with Crippen LogP contribution in [0.1, 0.15) is 34.0 Å². The van der Waals surface area contributed by atoms with E-state index in [1.54, 1.807) is 0 Å². The third-order valence-corrected chi connectivity index (χ3v) is 2.01. The van der Waals surface area contributed by atoms with Crippen LogP contribution in [0, 0.1) is 5.92 Å². The van der Waals surface area contributed by atoms with E-state index in [2.05, 4.69) is 0 Å². The quantitative estimate of drug-likeness (QED) is 0.717. The zero-order chi connectivity index (χ0) is 9.42. The minimum absolute atomic E-state index is 0.0628. The van der Waals surface area contributed by atoms with Crippen molar-refractivity contribution in [2.24, 2.45) is 5.92 Å². The molecule has 1 aliphatic rings. The van der Waals surface area contributed by atoms with Crippen LogP contribution in [0.25, 0.3) is 0 Å². The molecule has 0 amide bonds. The summed E-state index contributed by atoms with van der Waals surface area (Å²) < 4.78 is 4.86. The Bertz CT molecular complexity index is 359. The van der Waals surface area contributed by atoms with Crippen LogP contribution >= 0.6 is 0 Å². The highest BCUT2D eigenvalue weighted by Crippen LogP contribution is 2.32. The molecule has 1 aliphatic carbocycles. The van der Waals surface area contributed by atoms with Gasteiger partial charge in [0.25, 0.3) is 0 Å². The molecular formula is C9H8O4. The van der Waals surface area contributed by atoms with Gasteiger partial charge in [0.05, 0.1) is 0 Å². The second-order valence-electron chi connectivity index (χ2n) is 3.11. The number of hydrogen-bond donors (Lipinski definition) is 1. The highest BCUT2D eigenvalue weighted by atomic mass is 16.4. The van der Waals surface area contributed by atoms with Gasteiger partial charge in [-0.2, -0.15) is 0 Å². The molecule has 1 fully saturated rings. The Balaban J connectivity index is 2.21. The summed E-state index contributed by atoms with van der Waals surface area (Å²) in [4.78, 5) is 21.8. The normalized spacial score (nSPS) is 15.7. The Kier molecular flexibility index (Phi) is 1.69. The molecule has 0 aliphatic heterocycles. The summed E-state index contributed by atoms with van der Waals surface area (Å²) in [5.74, 6) is -1.17. The molecule has 0 saturated heterocycles. The fourth-order valence-electron chi connectivity index (χ4n) is 1.13. The van der Waals surface area contributed by atoms with Gasteiger partial charge in [-0.25, -0.2) is 4.79 Å². The molecule has 68 valence electrons. The monoisotopic (exact) mass is 180 g/mol. The number of carboxylic acids is 1. The second kappa shape index (κ2) is 2.73. The molecule has 4 nitrogen and oxygen atoms in total. The molecule has 0 unspecified atom stereocenters. The predicted molar refractivity (Wildman–Crippen MR) is 42.7 cm³/mol. The highest BCUT2D eigenvalue weighted by molar-refractivity contribution is 5.98. The van der Waals surface area contributed by atoms with Gasteiger partial charge in [0, 0.05) is 5.92 Å². The van der Waals surface area contributed by atoms with E-state index >= 15 is 0 Å². The minimum Gasteiger partial charge on any atom is -0.475 e. The van der Waals surface area contributed by atoms with Gasteiger partial charge in [0.15, 0.2) is 5.76 Å². The topological polar surface area (TPSA) is 67.5 Å². The smallest absolute Gasteiger partial charge is 0.371 e. The van der Waals surface area contributed by atoms with Crippen molar-refractivity contribution in [1.29, 1.82) is 0 Å². The third kappa shape index (κ3) is 1.47. The van der Waals surface area contributed by atoms with Crippen molar-refractivity contribution in [3.05, 3.63) is 23.7 Å². The third-order valence-electron chi connectivity index (χ3n) is 2.01. The summed E-state index contributed by atoms with van der Waals surface area (Å²) in [6.07, 6.45) is 1.78. The Morgan fingerprint density at radius 3 is 2.38 bits per heavy atom. The van der Waals surface area contributed by atoms with E-state index in [0.29, 0.717) is 0 Å². The van der Waals surface area contributed by atoms with Crippen LogP contribution in [0.3, 0.4) is 0 Å². The number of furan rings is 1. The summed E-state index contributed by atoms with van der Waals surface area (Å²) in [6.45, 7) is 0. The fraction of sp³-hybridized carbons (Fsp3) is 0.333. The van der Waals surface area contributed by atoms with Crippen molar-refractivity contribution in [3.63, 3.8) is 0 Å². The molecular weight excluding hydrogens is 172 g/mol. The number of ketones is 1. The lowest BCUT2D eigenvalue weighted by molar-refractivity contribution is 0.0659. The molecule has 1 aromatic rings. The van der Waals surface area contributed by atoms with Gasteiger partial charge in [-0.1, -0.05) is 0 Å². The predicted octanol–water partition coefficient (Wildman–Crippen LogP) is 1.57. The Morgan fingerprint density at radius 1 is 1.31 bits per heavy atom. The number of carbonyl (C=O) groups excluding carboxylic acids is 1. The number of hydrogen-bond acceptors (Lipinski definition) is 3. The second-order valence-corrected chi connectivity index (χ2v) is 3.11. The van der Waals surface area contributed by atoms with E-state index in [1.165, 1.54) is 12.1 Å². The van der Waals surface area contributed by atoms with E-state index in [1.807, 2.05) is 0 Å². The maximum atomic E-state index is 11.4. The highest BCUT2D eigenvalue weighted by Gasteiger charge is 2.32. The lowest BCUT2D eigenvalue weighted by Crippen LogP contribution is -1.99. The van der Waals surface area contributed by atoms with Gasteiger partial charge in [0.2, 0.25) is 11.5 Å². The molecule has 0 bridgehead atoms. The molecule has 4 heteroatoms. The van der Waals surface area contributed by atoms with Crippen LogP contribution in [0.2, 0.25) is 0 Å². The van der Waals surface area contributed by atoms with Crippen molar-refractivity contribution in [2.45, 2.75) is 12.8 Å². The van der Waals surface area contributed by atoms with Crippen molar-refractivity contribution < 1.29 is 19.1 Å². The molecule has 2 rings (SSSR count). The summed E-state index contributed by atoms with van der Waals surface area (Å²) in [7, 11) is 0. The summed E-state index contributed by atoms with van der Waals surface area (Å²) in [5.41, 5.74) is 0. The number of Topliss-reactive ketones (excluding diaryl/α,β-unsaturated/α-hetero) is 1. The molecule has 13 heavy (non-hydrogen) atoms. The maximum absolute atomic E-state index is 11.4. The van der Waals surface area contributed by atoms with Crippen LogP contribution in [0.15, 0.2) is 16.5 Å². The van der Waals surface area contributed by atoms with Gasteiger partial charge >= 0.3 is 5.97 Å². The SMILES string of the molecule is O=C(O)c1ccc(C(=O)C2CC2)o1. The Hall–Kier alpha value is -1.58. The van der Waals surface area contributed by atoms with Crippen molar-refractivity contribution in [3.8, 4) is 0 Å². The number of rotatable bonds is 3. The number of carbonyl (C=O) groups is 2. The summed E-state index contributed by atoms with van der Waals surface area (Å²) >= 11 is 0. The van der Waals surface area contributed by atoms with E-state index in [-0.39, 0.29) is 23.2 Å². The van der Waals surface area contributed by atoms with E-state index in [0.717, 1.165) is 12.8 Å². The van der Waals surface area contributed by atoms with Crippen LogP contribution in [-0.2, 0) is 0 Å². The van der Waals surface area contributed by atoms with Gasteiger partial charge < -0.3 is 9.52 Å². The first-order chi connectivity index (χ1) is 6.18. The summed E-state index contributed by atoms with van der Waals surface area (Å²) in [5, 5.41) is 8.53. The maximum Gasteiger partial charge on any atom is 0.371 e. The molecule has 0 aromatic carbocycles. The molecule has 1 saturated carbocycles. The van der Waals surface area contributed by atoms with Gasteiger partial charge in [-0.05, 0) is 25.0 Å². The van der Waals surface area contributed by atoms with Gasteiger partial charge in [-0.15, -0.1) is 0 Å². The zero-order valence-electron chi connectivity index (χ0n) is 6.82. The van der Waals surface area contributed by atoms with Gasteiger partial charge in [-0.3, -0.25) is 4.79 Å². The molecule has 0 radical (unpaired) electrons. The largest absolute Gasteiger partial charge is 0.475 e. The number of aromatic carboxylic acids is 1. The lowest BCUT2D eigenvalue weighted by Gasteiger charge is -1.90. The van der Waals surface area contributed by atoms with Crippen molar-refractivity contribution in [2.75, 3.05) is 0 Å². The standard InChI is InChI=1S/C9H8O4/c10-8(5-1-2-5)6-3-4-7(13-6)9(11)12/h3-5H,1-2H2,(H,11,12). The Morgan fingerprint density at radius 2 is 1.92 bits per heavy atom. The van der Waals surface area contributed by atoms with E-state index < -0.39 is 5.97 Å². The average molecular weight is 180 g/mol. The lowest BCUT2D eigenvalue weighted by atomic mass is 10.2. The number of carboxylic acid groups (broad SMARTS) is 1. The minimum atomic E-state index is -1.14. The molecule has 1 heterocycles. The van der Waals surface area contributed by atoms with E-state index in [4.69, 9.17) is 9.52 Å². The van der Waals surface area contributed by atoms with Gasteiger partial charge in [0.1, 0.15) is 0 Å². The van der Waals surface area contributed by atoms with Crippen LogP contribution in [0.5, 0.6) is 0 Å². The van der Waals surface area contributed by atoms with Crippen molar-refractivity contribution >= 4 is 11.8 Å². The fourth-order valence-corrected chi connectivity index (χ4v) is 1.13. The first-order valence-electron chi connectivity index (χ1n) is 4.06. The van der Waals surface area contributed by atoms with Crippen molar-refractivity contribution in [1.82, 2.24) is 0 Å². The molecule has 0 spiro atoms. The Labute approximate surface area is 74.2 Å². The average Bonchev–Trinajstić information content (AvgIpc) is 2.81. The van der Waals surface area contributed by atoms with Crippen LogP contribution in [-0.4, -0.2) is 16.9 Å².